The predicted octanol–water partition coefficient (Wildman–Crippen LogP) is 3.37. The molecule has 180 valence electrons. The van der Waals surface area contributed by atoms with Crippen LogP contribution in [-0.4, -0.2) is 59.7 Å². The molecule has 10 heteroatoms. The van der Waals surface area contributed by atoms with E-state index in [9.17, 15) is 4.79 Å². The van der Waals surface area contributed by atoms with Gasteiger partial charge in [-0.05, 0) is 62.2 Å². The van der Waals surface area contributed by atoms with Gasteiger partial charge in [-0.1, -0.05) is 5.21 Å². The number of carbonyl (C=O) groups excluding carboxylic acids is 1. The number of nitriles is 1. The van der Waals surface area contributed by atoms with Crippen LogP contribution >= 0.6 is 0 Å². The van der Waals surface area contributed by atoms with Crippen molar-refractivity contribution in [3.63, 3.8) is 0 Å². The highest BCUT2D eigenvalue weighted by atomic mass is 16.2. The smallest absolute Gasteiger partial charge is 0.254 e. The lowest BCUT2D eigenvalue weighted by molar-refractivity contribution is 0.0460. The van der Waals surface area contributed by atoms with Crippen molar-refractivity contribution in [2.75, 3.05) is 11.9 Å². The van der Waals surface area contributed by atoms with Gasteiger partial charge in [0.15, 0.2) is 0 Å². The minimum Gasteiger partial charge on any atom is -0.336 e. The summed E-state index contributed by atoms with van der Waals surface area (Å²) in [5.74, 6) is 0.595. The first-order valence-corrected chi connectivity index (χ1v) is 12.0. The number of amides is 1. The van der Waals surface area contributed by atoms with Crippen LogP contribution < -0.4 is 5.32 Å². The van der Waals surface area contributed by atoms with Crippen molar-refractivity contribution >= 4 is 28.6 Å². The Labute approximate surface area is 208 Å². The SMILES string of the molecule is C[C@@H]1C[C@H](N2Cc3cnc(Nc4ccc(C#N)cc4)nc3C2)CCN1C(=O)c1ccc2[nH]nnc2c1. The number of rotatable bonds is 4. The molecule has 6 rings (SSSR count). The maximum absolute atomic E-state index is 13.2. The Bertz CT molecular complexity index is 1470. The van der Waals surface area contributed by atoms with E-state index in [1.807, 2.05) is 35.4 Å². The lowest BCUT2D eigenvalue weighted by atomic mass is 9.96. The third kappa shape index (κ3) is 4.14. The molecule has 0 radical (unpaired) electrons. The first-order valence-electron chi connectivity index (χ1n) is 12.0. The van der Waals surface area contributed by atoms with E-state index in [0.29, 0.717) is 35.2 Å². The molecule has 4 heterocycles. The molecule has 0 aliphatic carbocycles. The van der Waals surface area contributed by atoms with Crippen LogP contribution in [0.3, 0.4) is 0 Å². The van der Waals surface area contributed by atoms with Crippen molar-refractivity contribution in [2.45, 2.75) is 44.9 Å². The molecule has 0 spiro atoms. The van der Waals surface area contributed by atoms with Gasteiger partial charge in [0.25, 0.3) is 5.91 Å². The van der Waals surface area contributed by atoms with Gasteiger partial charge < -0.3 is 10.2 Å². The van der Waals surface area contributed by atoms with Crippen LogP contribution in [0.25, 0.3) is 11.0 Å². The summed E-state index contributed by atoms with van der Waals surface area (Å²) in [6.07, 6.45) is 3.73. The molecule has 4 aromatic rings. The molecule has 2 aromatic carbocycles. The molecule has 36 heavy (non-hydrogen) atoms. The van der Waals surface area contributed by atoms with E-state index in [2.05, 4.69) is 43.6 Å². The summed E-state index contributed by atoms with van der Waals surface area (Å²) in [5.41, 5.74) is 5.81. The summed E-state index contributed by atoms with van der Waals surface area (Å²) < 4.78 is 0. The molecule has 1 amide bonds. The third-order valence-corrected chi connectivity index (χ3v) is 7.15. The third-order valence-electron chi connectivity index (χ3n) is 7.15. The molecular weight excluding hydrogens is 454 g/mol. The molecule has 2 aromatic heterocycles. The number of nitrogens with one attached hydrogen (secondary N) is 2. The fourth-order valence-corrected chi connectivity index (χ4v) is 5.17. The highest BCUT2D eigenvalue weighted by molar-refractivity contribution is 5.97. The second-order valence-electron chi connectivity index (χ2n) is 9.45. The summed E-state index contributed by atoms with van der Waals surface area (Å²) in [5, 5.41) is 22.9. The van der Waals surface area contributed by atoms with E-state index in [1.54, 1.807) is 18.2 Å². The highest BCUT2D eigenvalue weighted by Crippen LogP contribution is 2.31. The lowest BCUT2D eigenvalue weighted by Crippen LogP contribution is -2.50. The second-order valence-corrected chi connectivity index (χ2v) is 9.45. The van der Waals surface area contributed by atoms with E-state index in [-0.39, 0.29) is 11.9 Å². The average Bonchev–Trinajstić information content (AvgIpc) is 3.55. The normalized spacial score (nSPS) is 19.7. The Hall–Kier alpha value is -4.36. The molecule has 2 aliphatic rings. The Kier molecular flexibility index (Phi) is 5.54. The second kappa shape index (κ2) is 9.02. The average molecular weight is 480 g/mol. The summed E-state index contributed by atoms with van der Waals surface area (Å²) in [7, 11) is 0. The van der Waals surface area contributed by atoms with Crippen LogP contribution in [0.2, 0.25) is 0 Å². The molecule has 1 fully saturated rings. The number of piperidine rings is 1. The Morgan fingerprint density at radius 2 is 2.06 bits per heavy atom. The van der Waals surface area contributed by atoms with Gasteiger partial charge in [0.05, 0.1) is 22.8 Å². The Balaban J connectivity index is 1.09. The van der Waals surface area contributed by atoms with Crippen molar-refractivity contribution in [1.82, 2.24) is 35.2 Å². The molecular formula is C26H25N9O. The predicted molar refractivity (Wildman–Crippen MR) is 133 cm³/mol. The van der Waals surface area contributed by atoms with Gasteiger partial charge in [0.1, 0.15) is 5.52 Å². The highest BCUT2D eigenvalue weighted by Gasteiger charge is 2.35. The molecule has 0 bridgehead atoms. The molecule has 2 atom stereocenters. The van der Waals surface area contributed by atoms with E-state index in [0.717, 1.165) is 48.4 Å². The summed E-state index contributed by atoms with van der Waals surface area (Å²) in [4.78, 5) is 26.9. The number of hydrogen-bond donors (Lipinski definition) is 2. The van der Waals surface area contributed by atoms with Crippen LogP contribution in [0.15, 0.2) is 48.7 Å². The molecule has 2 aliphatic heterocycles. The number of carbonyl (C=O) groups is 1. The molecule has 1 saturated heterocycles. The van der Waals surface area contributed by atoms with Crippen molar-refractivity contribution in [2.24, 2.45) is 0 Å². The lowest BCUT2D eigenvalue weighted by Gasteiger charge is -2.41. The van der Waals surface area contributed by atoms with Gasteiger partial charge in [-0.2, -0.15) is 5.26 Å². The van der Waals surface area contributed by atoms with Gasteiger partial charge >= 0.3 is 0 Å². The summed E-state index contributed by atoms with van der Waals surface area (Å²) in [6.45, 7) is 4.43. The summed E-state index contributed by atoms with van der Waals surface area (Å²) in [6, 6.07) is 15.4. The van der Waals surface area contributed by atoms with E-state index in [4.69, 9.17) is 10.2 Å². The first-order chi connectivity index (χ1) is 17.6. The van der Waals surface area contributed by atoms with Crippen molar-refractivity contribution in [1.29, 1.82) is 5.26 Å². The van der Waals surface area contributed by atoms with Crippen molar-refractivity contribution in [3.8, 4) is 6.07 Å². The summed E-state index contributed by atoms with van der Waals surface area (Å²) >= 11 is 0. The number of benzene rings is 2. The Morgan fingerprint density at radius 1 is 1.19 bits per heavy atom. The van der Waals surface area contributed by atoms with Crippen molar-refractivity contribution < 1.29 is 4.79 Å². The molecule has 0 saturated carbocycles. The maximum atomic E-state index is 13.2. The monoisotopic (exact) mass is 479 g/mol. The zero-order valence-corrected chi connectivity index (χ0v) is 19.8. The largest absolute Gasteiger partial charge is 0.336 e. The standard InChI is InChI=1S/C26H25N9O/c1-16-10-21(8-9-35(16)25(36)18-4-7-22-23(11-18)32-33-31-22)34-14-19-13-28-26(30-24(19)15-34)29-20-5-2-17(12-27)3-6-20/h2-7,11,13,16,21H,8-10,14-15H2,1H3,(H,28,29,30)(H,31,32,33)/t16-,21-/m1/s1. The van der Waals surface area contributed by atoms with Gasteiger partial charge in [-0.25, -0.2) is 9.97 Å². The minimum absolute atomic E-state index is 0.0416. The fourth-order valence-electron chi connectivity index (χ4n) is 5.17. The first kappa shape index (κ1) is 22.1. The Morgan fingerprint density at radius 3 is 2.86 bits per heavy atom. The van der Waals surface area contributed by atoms with Crippen LogP contribution in [0, 0.1) is 11.3 Å². The van der Waals surface area contributed by atoms with Crippen LogP contribution in [0.5, 0.6) is 0 Å². The van der Waals surface area contributed by atoms with E-state index < -0.39 is 0 Å². The number of aromatic nitrogens is 5. The number of aromatic amines is 1. The minimum atomic E-state index is 0.0416. The van der Waals surface area contributed by atoms with Crippen LogP contribution in [0.4, 0.5) is 11.6 Å². The molecule has 10 nitrogen and oxygen atoms in total. The molecule has 2 N–H and O–H groups in total. The number of fused-ring (bicyclic) bond motifs is 2. The zero-order valence-electron chi connectivity index (χ0n) is 19.8. The molecule has 0 unspecified atom stereocenters. The van der Waals surface area contributed by atoms with E-state index in [1.165, 1.54) is 0 Å². The number of anilines is 2. The zero-order chi connectivity index (χ0) is 24.6. The van der Waals surface area contributed by atoms with Crippen molar-refractivity contribution in [3.05, 3.63) is 71.0 Å². The van der Waals surface area contributed by atoms with Crippen LogP contribution in [0.1, 0.15) is 46.9 Å². The quantitative estimate of drug-likeness (QED) is 0.456. The topological polar surface area (TPSA) is 127 Å². The number of hydrogen-bond acceptors (Lipinski definition) is 8. The van der Waals surface area contributed by atoms with Gasteiger partial charge in [0.2, 0.25) is 5.95 Å². The fraction of sp³-hybridized carbons (Fsp3) is 0.308. The van der Waals surface area contributed by atoms with Gasteiger partial charge in [-0.15, -0.1) is 5.10 Å². The van der Waals surface area contributed by atoms with Crippen LogP contribution in [-0.2, 0) is 13.1 Å². The van der Waals surface area contributed by atoms with Gasteiger partial charge in [-0.3, -0.25) is 14.8 Å². The number of H-pyrrole nitrogens is 1. The maximum Gasteiger partial charge on any atom is 0.254 e. The number of nitrogens with zero attached hydrogens (tertiary/aromatic N) is 7. The van der Waals surface area contributed by atoms with E-state index >= 15 is 0 Å². The number of likely N-dealkylation sites (tertiary alicyclic amines) is 1. The van der Waals surface area contributed by atoms with Gasteiger partial charge in [0, 0.05) is 54.7 Å².